The number of fused-ring (bicyclic) bond motifs is 1. The molecule has 29 heavy (non-hydrogen) atoms. The Balaban J connectivity index is 2.21. The highest BCUT2D eigenvalue weighted by Gasteiger charge is 2.21. The van der Waals surface area contributed by atoms with Crippen LogP contribution in [0.5, 0.6) is 0 Å². The van der Waals surface area contributed by atoms with Crippen LogP contribution >= 0.6 is 23.2 Å². The molecule has 0 fully saturated rings. The van der Waals surface area contributed by atoms with Gasteiger partial charge in [-0.25, -0.2) is 14.3 Å². The lowest BCUT2D eigenvalue weighted by Crippen LogP contribution is -2.38. The fourth-order valence-electron chi connectivity index (χ4n) is 3.60. The summed E-state index contributed by atoms with van der Waals surface area (Å²) in [5.41, 5.74) is 0.407. The summed E-state index contributed by atoms with van der Waals surface area (Å²) in [4.78, 5) is 30.6. The highest BCUT2D eigenvalue weighted by molar-refractivity contribution is 6.35. The summed E-state index contributed by atoms with van der Waals surface area (Å²) in [5, 5.41) is 0.798. The molecule has 6 nitrogen and oxygen atoms in total. The molecule has 0 N–H and O–H groups in total. The number of hydrogen-bond donors (Lipinski definition) is 0. The zero-order valence-electron chi connectivity index (χ0n) is 17.0. The standard InChI is InChI=1S/C21H26Cl2N4O2/c1-4-6-7-8-9-12-26-17(5-2)24-19-18(26)20(28)25(3)21(29)27(19)16-11-10-14(22)13-15(16)23/h10-11,13H,4-9,12H2,1-3H3. The van der Waals surface area contributed by atoms with E-state index in [1.165, 1.54) is 30.9 Å². The van der Waals surface area contributed by atoms with Crippen LogP contribution in [-0.4, -0.2) is 18.7 Å². The quantitative estimate of drug-likeness (QED) is 0.479. The Bertz CT molecular complexity index is 1140. The highest BCUT2D eigenvalue weighted by atomic mass is 35.5. The van der Waals surface area contributed by atoms with Gasteiger partial charge in [0.2, 0.25) is 0 Å². The number of benzene rings is 1. The zero-order valence-corrected chi connectivity index (χ0v) is 18.6. The van der Waals surface area contributed by atoms with Crippen molar-refractivity contribution in [2.24, 2.45) is 7.05 Å². The van der Waals surface area contributed by atoms with E-state index in [1.807, 2.05) is 11.5 Å². The number of halogens is 2. The maximum atomic E-state index is 13.0. The Labute approximate surface area is 179 Å². The van der Waals surface area contributed by atoms with E-state index in [9.17, 15) is 9.59 Å². The van der Waals surface area contributed by atoms with E-state index in [4.69, 9.17) is 23.2 Å². The van der Waals surface area contributed by atoms with Crippen molar-refractivity contribution in [3.8, 4) is 5.69 Å². The van der Waals surface area contributed by atoms with Gasteiger partial charge >= 0.3 is 5.69 Å². The third-order valence-corrected chi connectivity index (χ3v) is 5.72. The van der Waals surface area contributed by atoms with Crippen LogP contribution in [0.25, 0.3) is 16.9 Å². The van der Waals surface area contributed by atoms with Gasteiger partial charge in [0.05, 0.1) is 10.7 Å². The summed E-state index contributed by atoms with van der Waals surface area (Å²) in [6.45, 7) is 4.88. The molecule has 3 rings (SSSR count). The molecular formula is C21H26Cl2N4O2. The average molecular weight is 437 g/mol. The van der Waals surface area contributed by atoms with E-state index in [1.54, 1.807) is 18.2 Å². The summed E-state index contributed by atoms with van der Waals surface area (Å²) in [5.74, 6) is 0.789. The summed E-state index contributed by atoms with van der Waals surface area (Å²) in [7, 11) is 1.48. The highest BCUT2D eigenvalue weighted by Crippen LogP contribution is 2.26. The predicted octanol–water partition coefficient (Wildman–Crippen LogP) is 4.73. The number of hydrogen-bond acceptors (Lipinski definition) is 3. The molecule has 0 aliphatic carbocycles. The molecule has 2 heterocycles. The van der Waals surface area contributed by atoms with Gasteiger partial charge in [-0.2, -0.15) is 0 Å². The normalized spacial score (nSPS) is 11.5. The maximum absolute atomic E-state index is 13.0. The smallest absolute Gasteiger partial charge is 0.322 e. The van der Waals surface area contributed by atoms with Gasteiger partial charge in [-0.15, -0.1) is 0 Å². The van der Waals surface area contributed by atoms with Crippen molar-refractivity contribution in [3.05, 3.63) is 54.9 Å². The molecule has 0 bridgehead atoms. The van der Waals surface area contributed by atoms with Crippen LogP contribution in [0.1, 0.15) is 51.8 Å². The van der Waals surface area contributed by atoms with Crippen LogP contribution in [0, 0.1) is 0 Å². The number of aromatic nitrogens is 4. The van der Waals surface area contributed by atoms with E-state index in [2.05, 4.69) is 11.9 Å². The van der Waals surface area contributed by atoms with Crippen LogP contribution < -0.4 is 11.2 Å². The molecule has 8 heteroatoms. The van der Waals surface area contributed by atoms with Crippen molar-refractivity contribution in [3.63, 3.8) is 0 Å². The van der Waals surface area contributed by atoms with Gasteiger partial charge in [0.25, 0.3) is 5.56 Å². The van der Waals surface area contributed by atoms with E-state index in [0.717, 1.165) is 23.2 Å². The second-order valence-corrected chi connectivity index (χ2v) is 8.04. The largest absolute Gasteiger partial charge is 0.337 e. The molecule has 0 spiro atoms. The SMILES string of the molecule is CCCCCCCn1c(CC)nc2c1c(=O)n(C)c(=O)n2-c1ccc(Cl)cc1Cl. The minimum atomic E-state index is -0.484. The first kappa shape index (κ1) is 21.7. The Morgan fingerprint density at radius 3 is 2.41 bits per heavy atom. The lowest BCUT2D eigenvalue weighted by Gasteiger charge is -2.12. The van der Waals surface area contributed by atoms with Gasteiger partial charge in [-0.05, 0) is 24.6 Å². The monoisotopic (exact) mass is 436 g/mol. The minimum absolute atomic E-state index is 0.326. The molecule has 0 atom stereocenters. The molecule has 0 aliphatic heterocycles. The summed E-state index contributed by atoms with van der Waals surface area (Å²) < 4.78 is 4.48. The minimum Gasteiger partial charge on any atom is -0.322 e. The van der Waals surface area contributed by atoms with Crippen molar-refractivity contribution in [1.29, 1.82) is 0 Å². The molecule has 0 aliphatic rings. The summed E-state index contributed by atoms with van der Waals surface area (Å²) >= 11 is 12.4. The number of unbranched alkanes of at least 4 members (excludes halogenated alkanes) is 4. The Hall–Kier alpha value is -2.05. The number of aryl methyl sites for hydroxylation is 2. The third kappa shape index (κ3) is 4.14. The van der Waals surface area contributed by atoms with E-state index in [0.29, 0.717) is 39.9 Å². The van der Waals surface area contributed by atoms with Crippen LogP contribution in [-0.2, 0) is 20.0 Å². The number of nitrogens with zero attached hydrogens (tertiary/aromatic N) is 4. The second kappa shape index (κ2) is 9.18. The molecule has 0 saturated carbocycles. The van der Waals surface area contributed by atoms with Gasteiger partial charge in [-0.3, -0.25) is 9.36 Å². The van der Waals surface area contributed by atoms with E-state index in [-0.39, 0.29) is 5.56 Å². The van der Waals surface area contributed by atoms with Gasteiger partial charge in [0.15, 0.2) is 11.2 Å². The molecule has 2 aromatic heterocycles. The van der Waals surface area contributed by atoms with Crippen molar-refractivity contribution in [2.45, 2.75) is 58.9 Å². The van der Waals surface area contributed by atoms with Gasteiger partial charge in [0, 0.05) is 25.0 Å². The molecule has 1 aromatic carbocycles. The van der Waals surface area contributed by atoms with Crippen LogP contribution in [0.3, 0.4) is 0 Å². The number of imidazole rings is 1. The first-order valence-electron chi connectivity index (χ1n) is 10.1. The first-order chi connectivity index (χ1) is 13.9. The molecule has 3 aromatic rings. The summed E-state index contributed by atoms with van der Waals surface area (Å²) in [6, 6.07) is 4.91. The average Bonchev–Trinajstić information content (AvgIpc) is 3.06. The van der Waals surface area contributed by atoms with E-state index >= 15 is 0 Å². The van der Waals surface area contributed by atoms with Crippen molar-refractivity contribution in [1.82, 2.24) is 18.7 Å². The van der Waals surface area contributed by atoms with Gasteiger partial charge in [0.1, 0.15) is 5.82 Å². The lowest BCUT2D eigenvalue weighted by atomic mass is 10.1. The topological polar surface area (TPSA) is 61.8 Å². The van der Waals surface area contributed by atoms with Crippen molar-refractivity contribution < 1.29 is 0 Å². The molecule has 0 unspecified atom stereocenters. The lowest BCUT2D eigenvalue weighted by molar-refractivity contribution is 0.562. The van der Waals surface area contributed by atoms with Crippen LogP contribution in [0.4, 0.5) is 0 Å². The van der Waals surface area contributed by atoms with Crippen molar-refractivity contribution >= 4 is 34.4 Å². The fourth-order valence-corrected chi connectivity index (χ4v) is 4.10. The molecule has 0 amide bonds. The van der Waals surface area contributed by atoms with Gasteiger partial charge in [-0.1, -0.05) is 62.7 Å². The van der Waals surface area contributed by atoms with Crippen LogP contribution in [0.15, 0.2) is 27.8 Å². The second-order valence-electron chi connectivity index (χ2n) is 7.20. The Kier molecular flexibility index (Phi) is 6.85. The Morgan fingerprint density at radius 2 is 1.76 bits per heavy atom. The maximum Gasteiger partial charge on any atom is 0.337 e. The zero-order chi connectivity index (χ0) is 21.1. The summed E-state index contributed by atoms with van der Waals surface area (Å²) in [6.07, 6.45) is 6.29. The fraction of sp³-hybridized carbons (Fsp3) is 0.476. The molecule has 0 saturated heterocycles. The van der Waals surface area contributed by atoms with Crippen molar-refractivity contribution in [2.75, 3.05) is 0 Å². The molecule has 0 radical (unpaired) electrons. The predicted molar refractivity (Wildman–Crippen MR) is 119 cm³/mol. The first-order valence-corrected chi connectivity index (χ1v) is 10.8. The Morgan fingerprint density at radius 1 is 1.03 bits per heavy atom. The third-order valence-electron chi connectivity index (χ3n) is 5.18. The van der Waals surface area contributed by atoms with Gasteiger partial charge < -0.3 is 4.57 Å². The van der Waals surface area contributed by atoms with Crippen LogP contribution in [0.2, 0.25) is 10.0 Å². The number of rotatable bonds is 8. The molecule has 156 valence electrons. The molecular weight excluding hydrogens is 411 g/mol. The van der Waals surface area contributed by atoms with E-state index < -0.39 is 5.69 Å².